The molecular formula is C32H40N8O3S. The highest BCUT2D eigenvalue weighted by Gasteiger charge is 2.26. The highest BCUT2D eigenvalue weighted by molar-refractivity contribution is 7.88. The first-order valence-electron chi connectivity index (χ1n) is 15.3. The van der Waals surface area contributed by atoms with Crippen LogP contribution in [0.15, 0.2) is 65.9 Å². The van der Waals surface area contributed by atoms with E-state index in [1.54, 1.807) is 0 Å². The van der Waals surface area contributed by atoms with E-state index in [9.17, 15) is 8.42 Å². The number of hydrogen-bond donors (Lipinski definition) is 1. The summed E-state index contributed by atoms with van der Waals surface area (Å²) >= 11 is 0. The number of benzene rings is 2. The highest BCUT2D eigenvalue weighted by atomic mass is 32.2. The predicted molar refractivity (Wildman–Crippen MR) is 177 cm³/mol. The maximum absolute atomic E-state index is 12.0. The molecule has 0 radical (unpaired) electrons. The monoisotopic (exact) mass is 616 g/mol. The van der Waals surface area contributed by atoms with Crippen molar-refractivity contribution >= 4 is 44.7 Å². The SMILES string of the molecule is CCN(CC)c1cc(N/N=C/c2cn(Cc3ccc(OC4CC4)cc3)c3ccccc23)nc(N2CCN(S(C)(=O)=O)CC2)n1. The summed E-state index contributed by atoms with van der Waals surface area (Å²) in [4.78, 5) is 13.8. The van der Waals surface area contributed by atoms with Gasteiger partial charge in [-0.3, -0.25) is 5.43 Å². The minimum absolute atomic E-state index is 0.389. The maximum atomic E-state index is 12.0. The molecule has 4 aromatic rings. The first-order chi connectivity index (χ1) is 21.3. The van der Waals surface area contributed by atoms with Crippen molar-refractivity contribution in [3.8, 4) is 5.75 Å². The smallest absolute Gasteiger partial charge is 0.229 e. The van der Waals surface area contributed by atoms with Crippen molar-refractivity contribution in [3.05, 3.63) is 71.9 Å². The zero-order chi connectivity index (χ0) is 30.7. The Balaban J connectivity index is 1.21. The van der Waals surface area contributed by atoms with E-state index < -0.39 is 10.0 Å². The molecule has 1 aliphatic heterocycles. The Hall–Kier alpha value is -4.16. The molecule has 11 nitrogen and oxygen atoms in total. The van der Waals surface area contributed by atoms with Crippen molar-refractivity contribution in [1.29, 1.82) is 0 Å². The molecule has 232 valence electrons. The lowest BCUT2D eigenvalue weighted by atomic mass is 10.2. The molecule has 1 aliphatic carbocycles. The van der Waals surface area contributed by atoms with Crippen molar-refractivity contribution in [2.45, 2.75) is 39.3 Å². The standard InChI is InChI=1S/C32H40N8O3S/c1-4-37(5-2)31-20-30(34-32(35-31)38-16-18-40(19-17-38)44(3,41)42)36-33-21-25-23-39(29-9-7-6-8-28(25)29)22-24-10-12-26(13-11-24)43-27-14-15-27/h6-13,20-21,23,27H,4-5,14-19,22H2,1-3H3,(H,34,35,36)/b33-21+. The number of nitrogens with one attached hydrogen (secondary N) is 1. The molecule has 1 saturated heterocycles. The zero-order valence-electron chi connectivity index (χ0n) is 25.6. The van der Waals surface area contributed by atoms with Crippen molar-refractivity contribution in [3.63, 3.8) is 0 Å². The lowest BCUT2D eigenvalue weighted by Gasteiger charge is -2.33. The Labute approximate surface area is 259 Å². The second-order valence-electron chi connectivity index (χ2n) is 11.3. The van der Waals surface area contributed by atoms with E-state index in [1.165, 1.54) is 16.1 Å². The van der Waals surface area contributed by atoms with Crippen LogP contribution >= 0.6 is 0 Å². The Bertz CT molecular complexity index is 1720. The number of piperazine rings is 1. The summed E-state index contributed by atoms with van der Waals surface area (Å²) in [5.41, 5.74) is 6.46. The lowest BCUT2D eigenvalue weighted by molar-refractivity contribution is 0.303. The predicted octanol–water partition coefficient (Wildman–Crippen LogP) is 4.39. The molecule has 2 fully saturated rings. The summed E-state index contributed by atoms with van der Waals surface area (Å²) in [6, 6.07) is 18.6. The van der Waals surface area contributed by atoms with Gasteiger partial charge in [-0.2, -0.15) is 19.4 Å². The molecule has 2 aromatic heterocycles. The molecule has 0 unspecified atom stereocenters. The Kier molecular flexibility index (Phi) is 8.72. The van der Waals surface area contributed by atoms with E-state index in [2.05, 4.69) is 82.5 Å². The van der Waals surface area contributed by atoms with Crippen LogP contribution in [-0.2, 0) is 16.6 Å². The molecule has 0 spiro atoms. The third kappa shape index (κ3) is 6.97. The van der Waals surface area contributed by atoms with Gasteiger partial charge in [-0.1, -0.05) is 30.3 Å². The molecule has 0 atom stereocenters. The van der Waals surface area contributed by atoms with Gasteiger partial charge in [0.1, 0.15) is 11.6 Å². The van der Waals surface area contributed by atoms with Crippen molar-refractivity contribution in [2.75, 3.05) is 60.7 Å². The third-order valence-corrected chi connectivity index (χ3v) is 9.39. The molecule has 2 aromatic carbocycles. The summed E-state index contributed by atoms with van der Waals surface area (Å²) in [6.45, 7) is 8.37. The van der Waals surface area contributed by atoms with Crippen LogP contribution in [0, 0.1) is 0 Å². The van der Waals surface area contributed by atoms with Gasteiger partial charge in [-0.05, 0) is 50.5 Å². The number of ether oxygens (including phenoxy) is 1. The molecule has 12 heteroatoms. The molecular weight excluding hydrogens is 576 g/mol. The van der Waals surface area contributed by atoms with E-state index in [0.29, 0.717) is 44.0 Å². The van der Waals surface area contributed by atoms with E-state index in [4.69, 9.17) is 14.7 Å². The van der Waals surface area contributed by atoms with Gasteiger partial charge in [0, 0.05) is 74.5 Å². The Morgan fingerprint density at radius 3 is 2.43 bits per heavy atom. The minimum atomic E-state index is -3.22. The number of fused-ring (bicyclic) bond motifs is 1. The van der Waals surface area contributed by atoms with Crippen molar-refractivity contribution < 1.29 is 13.2 Å². The van der Waals surface area contributed by atoms with Gasteiger partial charge in [0.05, 0.1) is 18.6 Å². The Morgan fingerprint density at radius 1 is 1.02 bits per heavy atom. The summed E-state index contributed by atoms with van der Waals surface area (Å²) < 4.78 is 33.6. The van der Waals surface area contributed by atoms with Gasteiger partial charge in [-0.25, -0.2) is 8.42 Å². The van der Waals surface area contributed by atoms with Crippen molar-refractivity contribution in [2.24, 2.45) is 5.10 Å². The Morgan fingerprint density at radius 2 is 1.75 bits per heavy atom. The fourth-order valence-corrected chi connectivity index (χ4v) is 6.30. The molecule has 6 rings (SSSR count). The van der Waals surface area contributed by atoms with Gasteiger partial charge >= 0.3 is 0 Å². The van der Waals surface area contributed by atoms with E-state index in [0.717, 1.165) is 60.5 Å². The highest BCUT2D eigenvalue weighted by Crippen LogP contribution is 2.28. The zero-order valence-corrected chi connectivity index (χ0v) is 26.4. The molecule has 2 aliphatic rings. The van der Waals surface area contributed by atoms with E-state index >= 15 is 0 Å². The number of hydrogen-bond acceptors (Lipinski definition) is 9. The fraction of sp³-hybridized carbons (Fsp3) is 0.406. The molecule has 0 bridgehead atoms. The molecule has 1 N–H and O–H groups in total. The van der Waals surface area contributed by atoms with E-state index in [1.807, 2.05) is 23.2 Å². The number of hydrazone groups is 1. The summed E-state index contributed by atoms with van der Waals surface area (Å²) in [5, 5.41) is 5.70. The average Bonchev–Trinajstić information content (AvgIpc) is 3.78. The fourth-order valence-electron chi connectivity index (χ4n) is 5.48. The van der Waals surface area contributed by atoms with Gasteiger partial charge in [0.25, 0.3) is 0 Å². The van der Waals surface area contributed by atoms with Crippen LogP contribution in [0.4, 0.5) is 17.6 Å². The van der Waals surface area contributed by atoms with Crippen molar-refractivity contribution in [1.82, 2.24) is 18.8 Å². The lowest BCUT2D eigenvalue weighted by Crippen LogP contribution is -2.49. The normalized spacial score (nSPS) is 16.1. The first-order valence-corrected chi connectivity index (χ1v) is 17.1. The van der Waals surface area contributed by atoms with Gasteiger partial charge in [-0.15, -0.1) is 0 Å². The first kappa shape index (κ1) is 29.9. The number of aromatic nitrogens is 3. The molecule has 3 heterocycles. The average molecular weight is 617 g/mol. The van der Waals surface area contributed by atoms with Gasteiger partial charge in [0.2, 0.25) is 16.0 Å². The van der Waals surface area contributed by atoms with Crippen LogP contribution in [0.25, 0.3) is 10.9 Å². The minimum Gasteiger partial charge on any atom is -0.490 e. The summed E-state index contributed by atoms with van der Waals surface area (Å²) in [7, 11) is -3.22. The van der Waals surface area contributed by atoms with Crippen LogP contribution in [0.5, 0.6) is 5.75 Å². The topological polar surface area (TPSA) is 108 Å². The van der Waals surface area contributed by atoms with Gasteiger partial charge in [0.15, 0.2) is 5.82 Å². The molecule has 44 heavy (non-hydrogen) atoms. The second kappa shape index (κ2) is 12.8. The van der Waals surface area contributed by atoms with Crippen LogP contribution in [0.3, 0.4) is 0 Å². The maximum Gasteiger partial charge on any atom is 0.229 e. The summed E-state index contributed by atoms with van der Waals surface area (Å²) in [5.74, 6) is 2.87. The second-order valence-corrected chi connectivity index (χ2v) is 13.3. The third-order valence-electron chi connectivity index (χ3n) is 8.08. The summed E-state index contributed by atoms with van der Waals surface area (Å²) in [6.07, 6.45) is 7.89. The molecule has 1 saturated carbocycles. The number of anilines is 3. The number of rotatable bonds is 12. The molecule has 0 amide bonds. The van der Waals surface area contributed by atoms with Crippen LogP contribution < -0.4 is 20.0 Å². The number of para-hydroxylation sites is 1. The van der Waals surface area contributed by atoms with Crippen LogP contribution in [0.2, 0.25) is 0 Å². The number of sulfonamides is 1. The number of nitrogens with zero attached hydrogens (tertiary/aromatic N) is 7. The van der Waals surface area contributed by atoms with Crippen LogP contribution in [-0.4, -0.2) is 85.1 Å². The quantitative estimate of drug-likeness (QED) is 0.185. The van der Waals surface area contributed by atoms with E-state index in [-0.39, 0.29) is 0 Å². The largest absolute Gasteiger partial charge is 0.490 e. The van der Waals surface area contributed by atoms with Gasteiger partial charge < -0.3 is 19.1 Å². The van der Waals surface area contributed by atoms with Crippen LogP contribution in [0.1, 0.15) is 37.8 Å².